The zero-order valence-corrected chi connectivity index (χ0v) is 28.1. The van der Waals surface area contributed by atoms with Crippen LogP contribution in [0.1, 0.15) is 49.3 Å². The number of carbonyl (C=O) groups excluding carboxylic acids is 4. The molecular formula is C38H47N3O7. The van der Waals surface area contributed by atoms with Crippen LogP contribution in [0.5, 0.6) is 0 Å². The summed E-state index contributed by atoms with van der Waals surface area (Å²) in [6, 6.07) is 13.5. The highest BCUT2D eigenvalue weighted by Crippen LogP contribution is 2.59. The molecule has 3 saturated heterocycles. The van der Waals surface area contributed by atoms with Crippen molar-refractivity contribution < 1.29 is 33.8 Å². The number of anilines is 1. The minimum Gasteiger partial charge on any atom is -0.460 e. The van der Waals surface area contributed by atoms with Gasteiger partial charge in [-0.05, 0) is 69.2 Å². The smallest absolute Gasteiger partial charge is 0.312 e. The van der Waals surface area contributed by atoms with Crippen molar-refractivity contribution in [1.82, 2.24) is 10.2 Å². The molecule has 48 heavy (non-hydrogen) atoms. The first kappa shape index (κ1) is 35.0. The predicted octanol–water partition coefficient (Wildman–Crippen LogP) is 3.81. The Morgan fingerprint density at radius 2 is 1.92 bits per heavy atom. The van der Waals surface area contributed by atoms with Crippen LogP contribution in [0.4, 0.5) is 5.69 Å². The molecular weight excluding hydrogens is 610 g/mol. The summed E-state index contributed by atoms with van der Waals surface area (Å²) in [6.07, 6.45) is 4.06. The van der Waals surface area contributed by atoms with Crippen LogP contribution in [-0.4, -0.2) is 83.3 Å². The zero-order valence-electron chi connectivity index (χ0n) is 28.1. The number of nitrogens with zero attached hydrogens (tertiary/aromatic N) is 2. The van der Waals surface area contributed by atoms with Gasteiger partial charge in [-0.1, -0.05) is 54.6 Å². The number of benzene rings is 2. The average molecular weight is 658 g/mol. The number of aryl methyl sites for hydroxylation is 2. The zero-order chi connectivity index (χ0) is 34.6. The molecule has 3 aliphatic rings. The third-order valence-corrected chi connectivity index (χ3v) is 9.88. The Hall–Kier alpha value is -4.28. The monoisotopic (exact) mass is 657 g/mol. The Balaban J connectivity index is 1.50. The molecule has 2 aromatic carbocycles. The standard InChI is InChI=1S/C38H47N3O7/c1-6-8-14-31(43)39-22-26(5)47-37(46)32-30-17-18-38(48-30)33(32)35(44)41(28(23-42)21-27-12-10-9-11-13-27)34(38)36(45)40(19-7-2)29-20-24(3)15-16-25(29)4/h6-7,9-13,15-16,20,26,28,30,32-34,42H,1-2,8,14,17-19,21-23H2,3-5H3,(H,39,43)/t26-,28-,30-,32+,33+,34-,38+/m1/s1. The number of hydrogen-bond donors (Lipinski definition) is 2. The molecule has 0 aliphatic carbocycles. The second-order valence-electron chi connectivity index (χ2n) is 13.2. The van der Waals surface area contributed by atoms with Crippen molar-refractivity contribution in [3.05, 3.63) is 90.5 Å². The Kier molecular flexibility index (Phi) is 10.9. The van der Waals surface area contributed by atoms with Gasteiger partial charge in [-0.25, -0.2) is 0 Å². The van der Waals surface area contributed by atoms with E-state index in [-0.39, 0.29) is 37.9 Å². The van der Waals surface area contributed by atoms with E-state index in [1.54, 1.807) is 24.0 Å². The summed E-state index contributed by atoms with van der Waals surface area (Å²) in [5.41, 5.74) is 2.16. The number of aliphatic hydroxyl groups is 1. The van der Waals surface area contributed by atoms with Crippen molar-refractivity contribution in [1.29, 1.82) is 0 Å². The molecule has 0 unspecified atom stereocenters. The number of nitrogens with one attached hydrogen (secondary N) is 1. The number of allylic oxidation sites excluding steroid dienone is 1. The van der Waals surface area contributed by atoms with Crippen LogP contribution >= 0.6 is 0 Å². The molecule has 1 spiro atoms. The summed E-state index contributed by atoms with van der Waals surface area (Å²) in [6.45, 7) is 13.0. The van der Waals surface area contributed by atoms with Crippen molar-refractivity contribution in [2.75, 3.05) is 24.6 Å². The maximum absolute atomic E-state index is 15.0. The maximum atomic E-state index is 15.0. The minimum atomic E-state index is -1.29. The Morgan fingerprint density at radius 3 is 2.60 bits per heavy atom. The molecule has 5 rings (SSSR count). The number of likely N-dealkylation sites (tertiary alicyclic amines) is 1. The summed E-state index contributed by atoms with van der Waals surface area (Å²) in [5, 5.41) is 13.5. The quantitative estimate of drug-likeness (QED) is 0.221. The Labute approximate surface area is 282 Å². The number of esters is 1. The first-order valence-corrected chi connectivity index (χ1v) is 16.8. The van der Waals surface area contributed by atoms with Crippen LogP contribution < -0.4 is 10.2 Å². The molecule has 3 fully saturated rings. The van der Waals surface area contributed by atoms with Gasteiger partial charge >= 0.3 is 5.97 Å². The van der Waals surface area contributed by atoms with Crippen LogP contribution in [0.25, 0.3) is 0 Å². The van der Waals surface area contributed by atoms with Gasteiger partial charge in [-0.3, -0.25) is 19.2 Å². The van der Waals surface area contributed by atoms with Crippen LogP contribution in [-0.2, 0) is 35.1 Å². The maximum Gasteiger partial charge on any atom is 0.312 e. The van der Waals surface area contributed by atoms with Crippen molar-refractivity contribution in [2.45, 2.75) is 82.8 Å². The SMILES string of the molecule is C=CCCC(=O)NC[C@@H](C)OC(=O)[C@@H]1[C@H]2C(=O)N([C@@H](CO)Cc3ccccc3)[C@H](C(=O)N(CC=C)c3cc(C)ccc3C)[C@]23CC[C@H]1O3. The molecule has 256 valence electrons. The fourth-order valence-electron chi connectivity index (χ4n) is 7.66. The molecule has 10 nitrogen and oxygen atoms in total. The number of fused-ring (bicyclic) bond motifs is 1. The second-order valence-corrected chi connectivity index (χ2v) is 13.2. The molecule has 0 radical (unpaired) electrons. The number of aliphatic hydroxyl groups excluding tert-OH is 1. The molecule has 10 heteroatoms. The second kappa shape index (κ2) is 14.9. The van der Waals surface area contributed by atoms with E-state index in [2.05, 4.69) is 18.5 Å². The van der Waals surface area contributed by atoms with Gasteiger partial charge in [0, 0.05) is 18.7 Å². The van der Waals surface area contributed by atoms with Gasteiger partial charge in [0.25, 0.3) is 5.91 Å². The highest BCUT2D eigenvalue weighted by atomic mass is 16.6. The van der Waals surface area contributed by atoms with Gasteiger partial charge in [0.05, 0.1) is 37.1 Å². The van der Waals surface area contributed by atoms with Gasteiger partial charge in [-0.15, -0.1) is 13.2 Å². The lowest BCUT2D eigenvalue weighted by molar-refractivity contribution is -0.159. The molecule has 3 amide bonds. The molecule has 2 bridgehead atoms. The van der Waals surface area contributed by atoms with E-state index in [1.807, 2.05) is 62.4 Å². The molecule has 0 aromatic heterocycles. The lowest BCUT2D eigenvalue weighted by Crippen LogP contribution is -2.59. The van der Waals surface area contributed by atoms with Crippen LogP contribution in [0.2, 0.25) is 0 Å². The van der Waals surface area contributed by atoms with Crippen molar-refractivity contribution in [3.8, 4) is 0 Å². The Morgan fingerprint density at radius 1 is 1.17 bits per heavy atom. The number of rotatable bonds is 15. The molecule has 7 atom stereocenters. The van der Waals surface area contributed by atoms with E-state index in [4.69, 9.17) is 9.47 Å². The summed E-state index contributed by atoms with van der Waals surface area (Å²) in [4.78, 5) is 58.8. The lowest BCUT2D eigenvalue weighted by Gasteiger charge is -2.39. The normalized spacial score (nSPS) is 25.2. The first-order valence-electron chi connectivity index (χ1n) is 16.8. The van der Waals surface area contributed by atoms with Gasteiger partial charge in [0.1, 0.15) is 17.7 Å². The van der Waals surface area contributed by atoms with E-state index >= 15 is 0 Å². The third-order valence-electron chi connectivity index (χ3n) is 9.88. The topological polar surface area (TPSA) is 125 Å². The van der Waals surface area contributed by atoms with Crippen molar-refractivity contribution in [3.63, 3.8) is 0 Å². The summed E-state index contributed by atoms with van der Waals surface area (Å²) in [5.74, 6) is -3.43. The largest absolute Gasteiger partial charge is 0.460 e. The fourth-order valence-corrected chi connectivity index (χ4v) is 7.66. The molecule has 2 N–H and O–H groups in total. The van der Waals surface area contributed by atoms with Crippen molar-refractivity contribution in [2.24, 2.45) is 11.8 Å². The molecule has 0 saturated carbocycles. The lowest BCUT2D eigenvalue weighted by atomic mass is 9.70. The van der Waals surface area contributed by atoms with Crippen LogP contribution in [0.15, 0.2) is 73.8 Å². The van der Waals surface area contributed by atoms with Gasteiger partial charge in [0.2, 0.25) is 11.8 Å². The summed E-state index contributed by atoms with van der Waals surface area (Å²) >= 11 is 0. The van der Waals surface area contributed by atoms with E-state index in [0.717, 1.165) is 16.7 Å². The Bertz CT molecular complexity index is 1540. The van der Waals surface area contributed by atoms with Crippen molar-refractivity contribution >= 4 is 29.4 Å². The van der Waals surface area contributed by atoms with E-state index in [9.17, 15) is 24.3 Å². The number of hydrogen-bond acceptors (Lipinski definition) is 7. The molecule has 3 heterocycles. The molecule has 3 aliphatic heterocycles. The minimum absolute atomic E-state index is 0.118. The van der Waals surface area contributed by atoms with Gasteiger partial charge in [-0.2, -0.15) is 0 Å². The number of ether oxygens (including phenoxy) is 2. The van der Waals surface area contributed by atoms with Crippen LogP contribution in [0, 0.1) is 25.7 Å². The average Bonchev–Trinajstić information content (AvgIpc) is 3.73. The van der Waals surface area contributed by atoms with Gasteiger partial charge < -0.3 is 29.7 Å². The van der Waals surface area contributed by atoms with Gasteiger partial charge in [0.15, 0.2) is 0 Å². The summed E-state index contributed by atoms with van der Waals surface area (Å²) in [7, 11) is 0. The predicted molar refractivity (Wildman–Crippen MR) is 182 cm³/mol. The van der Waals surface area contributed by atoms with E-state index < -0.39 is 53.6 Å². The molecule has 2 aromatic rings. The highest BCUT2D eigenvalue weighted by Gasteiger charge is 2.75. The third kappa shape index (κ3) is 6.69. The van der Waals surface area contributed by atoms with Crippen LogP contribution in [0.3, 0.4) is 0 Å². The van der Waals surface area contributed by atoms with E-state index in [0.29, 0.717) is 31.4 Å². The highest BCUT2D eigenvalue weighted by molar-refractivity contribution is 6.05. The van der Waals surface area contributed by atoms with E-state index in [1.165, 1.54) is 4.90 Å². The summed E-state index contributed by atoms with van der Waals surface area (Å²) < 4.78 is 12.5. The number of carbonyl (C=O) groups is 4. The fraction of sp³-hybridized carbons (Fsp3) is 0.474. The number of amides is 3. The first-order chi connectivity index (χ1) is 23.1.